The highest BCUT2D eigenvalue weighted by atomic mass is 79.9. The van der Waals surface area contributed by atoms with Crippen LogP contribution in [0.4, 0.5) is 0 Å². The minimum Gasteiger partial charge on any atom is -0.493 e. The molecule has 0 radical (unpaired) electrons. The second kappa shape index (κ2) is 6.02. The minimum absolute atomic E-state index is 0.341. The molecule has 0 aliphatic carbocycles. The highest BCUT2D eigenvalue weighted by Gasteiger charge is 2.33. The standard InChI is InChI=1S/C15H20BrNO3/c16-13-6-11-2-5-19-14(11)12(7-13)8-20-15(9-17)3-1-4-18-10-15/h6-7H,1-5,8-10,17H2. The van der Waals surface area contributed by atoms with Crippen molar-refractivity contribution in [2.75, 3.05) is 26.4 Å². The molecule has 0 aromatic heterocycles. The monoisotopic (exact) mass is 341 g/mol. The molecule has 2 heterocycles. The van der Waals surface area contributed by atoms with E-state index in [4.69, 9.17) is 19.9 Å². The van der Waals surface area contributed by atoms with Gasteiger partial charge in [-0.05, 0) is 30.5 Å². The molecule has 3 rings (SSSR count). The fraction of sp³-hybridized carbons (Fsp3) is 0.600. The van der Waals surface area contributed by atoms with Gasteiger partial charge in [0.15, 0.2) is 0 Å². The van der Waals surface area contributed by atoms with E-state index in [1.807, 2.05) is 0 Å². The molecule has 1 aromatic carbocycles. The number of fused-ring (bicyclic) bond motifs is 1. The SMILES string of the molecule is NCC1(OCc2cc(Br)cc3c2OCC3)CCCOC1. The third-order valence-electron chi connectivity index (χ3n) is 4.02. The Labute approximate surface area is 127 Å². The van der Waals surface area contributed by atoms with Gasteiger partial charge in [0.1, 0.15) is 11.4 Å². The predicted octanol–water partition coefficient (Wildman–Crippen LogP) is 2.41. The van der Waals surface area contributed by atoms with Gasteiger partial charge in [-0.25, -0.2) is 0 Å². The van der Waals surface area contributed by atoms with Crippen LogP contribution in [0, 0.1) is 0 Å². The molecule has 1 fully saturated rings. The van der Waals surface area contributed by atoms with Crippen molar-refractivity contribution in [1.29, 1.82) is 0 Å². The third-order valence-corrected chi connectivity index (χ3v) is 4.48. The largest absolute Gasteiger partial charge is 0.493 e. The van der Waals surface area contributed by atoms with Gasteiger partial charge in [-0.3, -0.25) is 0 Å². The van der Waals surface area contributed by atoms with Crippen molar-refractivity contribution in [3.05, 3.63) is 27.7 Å². The Morgan fingerprint density at radius 3 is 3.00 bits per heavy atom. The maximum atomic E-state index is 6.14. The Bertz CT molecular complexity index is 486. The van der Waals surface area contributed by atoms with Crippen LogP contribution in [0.2, 0.25) is 0 Å². The molecule has 0 bridgehead atoms. The van der Waals surface area contributed by atoms with Gasteiger partial charge in [0.25, 0.3) is 0 Å². The molecule has 2 N–H and O–H groups in total. The lowest BCUT2D eigenvalue weighted by molar-refractivity contribution is -0.130. The molecule has 110 valence electrons. The number of hydrogen-bond acceptors (Lipinski definition) is 4. The van der Waals surface area contributed by atoms with Gasteiger partial charge < -0.3 is 19.9 Å². The molecule has 1 atom stereocenters. The van der Waals surface area contributed by atoms with E-state index in [-0.39, 0.29) is 5.60 Å². The van der Waals surface area contributed by atoms with Crippen LogP contribution in [0.15, 0.2) is 16.6 Å². The zero-order valence-corrected chi connectivity index (χ0v) is 13.1. The molecule has 1 aromatic rings. The van der Waals surface area contributed by atoms with Crippen LogP contribution in [0.3, 0.4) is 0 Å². The summed E-state index contributed by atoms with van der Waals surface area (Å²) in [5, 5.41) is 0. The van der Waals surface area contributed by atoms with Crippen molar-refractivity contribution in [3.63, 3.8) is 0 Å². The minimum atomic E-state index is -0.341. The van der Waals surface area contributed by atoms with Gasteiger partial charge >= 0.3 is 0 Å². The van der Waals surface area contributed by atoms with E-state index in [1.165, 1.54) is 5.56 Å². The first-order chi connectivity index (χ1) is 9.72. The van der Waals surface area contributed by atoms with Crippen molar-refractivity contribution >= 4 is 15.9 Å². The van der Waals surface area contributed by atoms with Gasteiger partial charge in [-0.1, -0.05) is 15.9 Å². The molecular formula is C15H20BrNO3. The number of ether oxygens (including phenoxy) is 3. The quantitative estimate of drug-likeness (QED) is 0.913. The van der Waals surface area contributed by atoms with E-state index in [2.05, 4.69) is 28.1 Å². The van der Waals surface area contributed by atoms with Gasteiger partial charge in [0, 0.05) is 29.6 Å². The lowest BCUT2D eigenvalue weighted by Crippen LogP contribution is -2.47. The lowest BCUT2D eigenvalue weighted by atomic mass is 9.96. The maximum Gasteiger partial charge on any atom is 0.128 e. The van der Waals surface area contributed by atoms with E-state index in [1.54, 1.807) is 0 Å². The van der Waals surface area contributed by atoms with E-state index >= 15 is 0 Å². The van der Waals surface area contributed by atoms with Gasteiger partial charge in [0.05, 0.1) is 19.8 Å². The Morgan fingerprint density at radius 2 is 2.25 bits per heavy atom. The molecule has 0 amide bonds. The van der Waals surface area contributed by atoms with E-state index in [0.717, 1.165) is 48.3 Å². The van der Waals surface area contributed by atoms with Crippen molar-refractivity contribution in [1.82, 2.24) is 0 Å². The highest BCUT2D eigenvalue weighted by Crippen LogP contribution is 2.34. The normalized spacial score (nSPS) is 25.3. The van der Waals surface area contributed by atoms with Crippen LogP contribution in [0.1, 0.15) is 24.0 Å². The number of nitrogens with two attached hydrogens (primary N) is 1. The van der Waals surface area contributed by atoms with Crippen LogP contribution in [-0.2, 0) is 22.5 Å². The fourth-order valence-electron chi connectivity index (χ4n) is 2.84. The lowest BCUT2D eigenvalue weighted by Gasteiger charge is -2.36. The Kier molecular flexibility index (Phi) is 4.31. The molecule has 2 aliphatic rings. The average molecular weight is 342 g/mol. The summed E-state index contributed by atoms with van der Waals surface area (Å²) in [6.07, 6.45) is 2.93. The fourth-order valence-corrected chi connectivity index (χ4v) is 3.40. The molecule has 1 unspecified atom stereocenters. The zero-order valence-electron chi connectivity index (χ0n) is 11.5. The van der Waals surface area contributed by atoms with E-state index < -0.39 is 0 Å². The molecule has 2 aliphatic heterocycles. The molecule has 1 saturated heterocycles. The van der Waals surface area contributed by atoms with Crippen LogP contribution < -0.4 is 10.5 Å². The maximum absolute atomic E-state index is 6.14. The van der Waals surface area contributed by atoms with Crippen LogP contribution in [0.5, 0.6) is 5.75 Å². The zero-order chi connectivity index (χ0) is 14.0. The topological polar surface area (TPSA) is 53.7 Å². The Hall–Kier alpha value is -0.620. The molecule has 0 spiro atoms. The van der Waals surface area contributed by atoms with Crippen molar-refractivity contribution < 1.29 is 14.2 Å². The summed E-state index contributed by atoms with van der Waals surface area (Å²) >= 11 is 3.55. The third kappa shape index (κ3) is 2.86. The smallest absolute Gasteiger partial charge is 0.128 e. The van der Waals surface area contributed by atoms with Crippen LogP contribution in [0.25, 0.3) is 0 Å². The summed E-state index contributed by atoms with van der Waals surface area (Å²) in [4.78, 5) is 0. The second-order valence-corrected chi connectivity index (χ2v) is 6.40. The first-order valence-electron chi connectivity index (χ1n) is 7.08. The van der Waals surface area contributed by atoms with Gasteiger partial charge in [-0.15, -0.1) is 0 Å². The summed E-state index contributed by atoms with van der Waals surface area (Å²) < 4.78 is 18.5. The summed E-state index contributed by atoms with van der Waals surface area (Å²) in [6, 6.07) is 4.19. The summed E-state index contributed by atoms with van der Waals surface area (Å²) in [7, 11) is 0. The predicted molar refractivity (Wildman–Crippen MR) is 80.0 cm³/mol. The summed E-state index contributed by atoms with van der Waals surface area (Å²) in [6.45, 7) is 3.15. The first-order valence-corrected chi connectivity index (χ1v) is 7.88. The van der Waals surface area contributed by atoms with Gasteiger partial charge in [-0.2, -0.15) is 0 Å². The highest BCUT2D eigenvalue weighted by molar-refractivity contribution is 9.10. The second-order valence-electron chi connectivity index (χ2n) is 5.48. The number of halogens is 1. The Balaban J connectivity index is 1.75. The van der Waals surface area contributed by atoms with E-state index in [9.17, 15) is 0 Å². The van der Waals surface area contributed by atoms with E-state index in [0.29, 0.717) is 19.8 Å². The molecule has 0 saturated carbocycles. The number of rotatable bonds is 4. The van der Waals surface area contributed by atoms with Crippen molar-refractivity contribution in [2.45, 2.75) is 31.5 Å². The van der Waals surface area contributed by atoms with Crippen LogP contribution in [-0.4, -0.2) is 32.0 Å². The van der Waals surface area contributed by atoms with Crippen molar-refractivity contribution in [2.24, 2.45) is 5.73 Å². The first kappa shape index (κ1) is 14.3. The molecular weight excluding hydrogens is 322 g/mol. The van der Waals surface area contributed by atoms with Crippen LogP contribution >= 0.6 is 15.9 Å². The molecule has 5 heteroatoms. The van der Waals surface area contributed by atoms with Gasteiger partial charge in [0.2, 0.25) is 0 Å². The van der Waals surface area contributed by atoms with Crippen molar-refractivity contribution in [3.8, 4) is 5.75 Å². The molecule has 20 heavy (non-hydrogen) atoms. The Morgan fingerprint density at radius 1 is 1.35 bits per heavy atom. The average Bonchev–Trinajstić information content (AvgIpc) is 2.94. The summed E-state index contributed by atoms with van der Waals surface area (Å²) in [5.74, 6) is 0.983. The number of hydrogen-bond donors (Lipinski definition) is 1. The molecule has 4 nitrogen and oxygen atoms in total. The number of benzene rings is 1. The summed E-state index contributed by atoms with van der Waals surface area (Å²) in [5.41, 5.74) is 7.90.